The Kier molecular flexibility index (Phi) is 7.76. The molecule has 0 atom stereocenters. The molecule has 0 amide bonds. The molecule has 0 spiro atoms. The standard InChI is InChI=1S/C27H33N3O2.CH2O2/c1-27(2)18-21-25(19-10-5-4-6-11-19)28-22-17-24(23(31-3)16-20(22)26(21)29-27)32-15-9-14-30-12-7-8-13-30;2-1-3/h4-6,10-11,16-17,29H,7-9,12-15,18H2,1-3H3;1H,(H,2,3). The number of carbonyl (C=O) groups is 1. The minimum Gasteiger partial charge on any atom is -0.493 e. The number of rotatable bonds is 7. The average molecular weight is 478 g/mol. The van der Waals surface area contributed by atoms with E-state index in [0.29, 0.717) is 6.61 Å². The van der Waals surface area contributed by atoms with Gasteiger partial charge in [-0.15, -0.1) is 0 Å². The van der Waals surface area contributed by atoms with Gasteiger partial charge in [-0.25, -0.2) is 4.98 Å². The highest BCUT2D eigenvalue weighted by atomic mass is 16.5. The predicted molar refractivity (Wildman–Crippen MR) is 140 cm³/mol. The number of fused-ring (bicyclic) bond motifs is 3. The summed E-state index contributed by atoms with van der Waals surface area (Å²) in [7, 11) is 1.71. The number of nitrogens with zero attached hydrogens (tertiary/aromatic N) is 2. The van der Waals surface area contributed by atoms with Crippen LogP contribution in [0.25, 0.3) is 22.2 Å². The SMILES string of the molecule is COc1cc2c3c(c(-c4ccccc4)nc2cc1OCCCN1CCCC1)CC(C)(C)N3.O=CO. The van der Waals surface area contributed by atoms with Crippen LogP contribution < -0.4 is 14.8 Å². The molecule has 1 aromatic heterocycles. The van der Waals surface area contributed by atoms with Crippen molar-refractivity contribution in [1.82, 2.24) is 9.88 Å². The summed E-state index contributed by atoms with van der Waals surface area (Å²) >= 11 is 0. The van der Waals surface area contributed by atoms with Gasteiger partial charge in [0.15, 0.2) is 11.5 Å². The van der Waals surface area contributed by atoms with Gasteiger partial charge in [0, 0.05) is 40.4 Å². The molecule has 1 fully saturated rings. The molecule has 0 unspecified atom stereocenters. The summed E-state index contributed by atoms with van der Waals surface area (Å²) in [6.45, 7) is 8.45. The lowest BCUT2D eigenvalue weighted by atomic mass is 9.95. The predicted octanol–water partition coefficient (Wildman–Crippen LogP) is 5.22. The van der Waals surface area contributed by atoms with Gasteiger partial charge in [-0.3, -0.25) is 4.79 Å². The summed E-state index contributed by atoms with van der Waals surface area (Å²) in [4.78, 5) is 16.0. The summed E-state index contributed by atoms with van der Waals surface area (Å²) in [6, 6.07) is 14.6. The van der Waals surface area contributed by atoms with Crippen LogP contribution >= 0.6 is 0 Å². The van der Waals surface area contributed by atoms with E-state index >= 15 is 0 Å². The van der Waals surface area contributed by atoms with Crippen LogP contribution in [0.5, 0.6) is 11.5 Å². The summed E-state index contributed by atoms with van der Waals surface area (Å²) in [5.41, 5.74) is 5.56. The third kappa shape index (κ3) is 5.68. The van der Waals surface area contributed by atoms with Gasteiger partial charge in [-0.2, -0.15) is 0 Å². The maximum atomic E-state index is 8.36. The van der Waals surface area contributed by atoms with E-state index in [1.807, 2.05) is 12.1 Å². The van der Waals surface area contributed by atoms with Crippen molar-refractivity contribution in [3.8, 4) is 22.8 Å². The van der Waals surface area contributed by atoms with Crippen molar-refractivity contribution >= 4 is 23.1 Å². The van der Waals surface area contributed by atoms with Crippen molar-refractivity contribution in [3.63, 3.8) is 0 Å². The number of benzene rings is 2. The molecule has 0 saturated carbocycles. The van der Waals surface area contributed by atoms with Gasteiger partial charge < -0.3 is 24.8 Å². The molecule has 2 aliphatic rings. The fourth-order valence-electron chi connectivity index (χ4n) is 5.03. The molecular weight excluding hydrogens is 442 g/mol. The van der Waals surface area contributed by atoms with Crippen molar-refractivity contribution in [1.29, 1.82) is 0 Å². The topological polar surface area (TPSA) is 83.9 Å². The number of ether oxygens (including phenoxy) is 2. The Bertz CT molecular complexity index is 1160. The van der Waals surface area contributed by atoms with Gasteiger partial charge >= 0.3 is 0 Å². The minimum atomic E-state index is -0.250. The molecule has 3 heterocycles. The van der Waals surface area contributed by atoms with Gasteiger partial charge in [0.05, 0.1) is 24.9 Å². The molecule has 0 aliphatic carbocycles. The lowest BCUT2D eigenvalue weighted by Gasteiger charge is -2.19. The second-order valence-corrected chi connectivity index (χ2v) is 9.74. The zero-order valence-electron chi connectivity index (χ0n) is 20.8. The Labute approximate surface area is 207 Å². The molecule has 5 rings (SSSR count). The number of hydrogen-bond donors (Lipinski definition) is 2. The fraction of sp³-hybridized carbons (Fsp3) is 0.429. The van der Waals surface area contributed by atoms with E-state index in [1.165, 1.54) is 31.5 Å². The number of methoxy groups -OCH3 is 1. The normalized spacial score (nSPS) is 16.2. The fourth-order valence-corrected chi connectivity index (χ4v) is 5.03. The lowest BCUT2D eigenvalue weighted by Crippen LogP contribution is -2.27. The Morgan fingerprint density at radius 3 is 2.54 bits per heavy atom. The van der Waals surface area contributed by atoms with Crippen LogP contribution in [0.3, 0.4) is 0 Å². The molecule has 186 valence electrons. The zero-order chi connectivity index (χ0) is 24.8. The van der Waals surface area contributed by atoms with Gasteiger partial charge in [0.1, 0.15) is 0 Å². The van der Waals surface area contributed by atoms with E-state index in [4.69, 9.17) is 24.4 Å². The van der Waals surface area contributed by atoms with E-state index in [0.717, 1.165) is 58.7 Å². The van der Waals surface area contributed by atoms with Crippen LogP contribution in [-0.4, -0.2) is 60.4 Å². The quantitative estimate of drug-likeness (QED) is 0.356. The van der Waals surface area contributed by atoms with Gasteiger partial charge in [-0.05, 0) is 58.7 Å². The molecule has 1 saturated heterocycles. The highest BCUT2D eigenvalue weighted by molar-refractivity contribution is 5.99. The first-order valence-electron chi connectivity index (χ1n) is 12.3. The Balaban J connectivity index is 0.000000917. The highest BCUT2D eigenvalue weighted by Crippen LogP contribution is 2.45. The summed E-state index contributed by atoms with van der Waals surface area (Å²) in [5, 5.41) is 11.7. The van der Waals surface area contributed by atoms with Gasteiger partial charge in [0.2, 0.25) is 0 Å². The number of hydrogen-bond acceptors (Lipinski definition) is 6. The molecular formula is C28H35N3O4. The van der Waals surface area contributed by atoms with E-state index in [-0.39, 0.29) is 12.0 Å². The third-order valence-corrected chi connectivity index (χ3v) is 6.58. The summed E-state index contributed by atoms with van der Waals surface area (Å²) < 4.78 is 11.9. The van der Waals surface area contributed by atoms with Crippen molar-refractivity contribution in [3.05, 3.63) is 48.0 Å². The first kappa shape index (κ1) is 24.8. The van der Waals surface area contributed by atoms with Crippen LogP contribution in [-0.2, 0) is 11.2 Å². The first-order valence-corrected chi connectivity index (χ1v) is 12.3. The molecule has 0 radical (unpaired) electrons. The van der Waals surface area contributed by atoms with E-state index in [9.17, 15) is 0 Å². The largest absolute Gasteiger partial charge is 0.493 e. The smallest absolute Gasteiger partial charge is 0.290 e. The Morgan fingerprint density at radius 2 is 1.86 bits per heavy atom. The average Bonchev–Trinajstić information content (AvgIpc) is 3.48. The van der Waals surface area contributed by atoms with E-state index < -0.39 is 0 Å². The van der Waals surface area contributed by atoms with Crippen molar-refractivity contribution < 1.29 is 19.4 Å². The molecule has 0 bridgehead atoms. The number of likely N-dealkylation sites (tertiary alicyclic amines) is 1. The monoisotopic (exact) mass is 477 g/mol. The summed E-state index contributed by atoms with van der Waals surface area (Å²) in [6.07, 6.45) is 4.60. The molecule has 2 aromatic carbocycles. The first-order chi connectivity index (χ1) is 17.0. The molecule has 2 aliphatic heterocycles. The maximum Gasteiger partial charge on any atom is 0.290 e. The lowest BCUT2D eigenvalue weighted by molar-refractivity contribution is -0.122. The highest BCUT2D eigenvalue weighted by Gasteiger charge is 2.32. The van der Waals surface area contributed by atoms with Gasteiger partial charge in [-0.1, -0.05) is 30.3 Å². The zero-order valence-corrected chi connectivity index (χ0v) is 20.8. The third-order valence-electron chi connectivity index (χ3n) is 6.58. The molecule has 2 N–H and O–H groups in total. The van der Waals surface area contributed by atoms with Crippen LogP contribution in [0.4, 0.5) is 5.69 Å². The number of carboxylic acid groups (broad SMARTS) is 1. The van der Waals surface area contributed by atoms with Crippen LogP contribution in [0.15, 0.2) is 42.5 Å². The van der Waals surface area contributed by atoms with E-state index in [1.54, 1.807) is 7.11 Å². The van der Waals surface area contributed by atoms with E-state index in [2.05, 4.69) is 54.4 Å². The number of anilines is 1. The van der Waals surface area contributed by atoms with Gasteiger partial charge in [0.25, 0.3) is 6.47 Å². The number of aromatic nitrogens is 1. The second-order valence-electron chi connectivity index (χ2n) is 9.74. The summed E-state index contributed by atoms with van der Waals surface area (Å²) in [5.74, 6) is 1.53. The minimum absolute atomic E-state index is 0.0141. The molecule has 7 nitrogen and oxygen atoms in total. The molecule has 7 heteroatoms. The van der Waals surface area contributed by atoms with Crippen LogP contribution in [0, 0.1) is 0 Å². The number of nitrogens with one attached hydrogen (secondary N) is 1. The Hall–Kier alpha value is -3.32. The Morgan fingerprint density at radius 1 is 1.14 bits per heavy atom. The van der Waals surface area contributed by atoms with Crippen LogP contribution in [0.2, 0.25) is 0 Å². The van der Waals surface area contributed by atoms with Crippen molar-refractivity contribution in [2.75, 3.05) is 38.7 Å². The van der Waals surface area contributed by atoms with Crippen molar-refractivity contribution in [2.45, 2.75) is 45.1 Å². The molecule has 3 aromatic rings. The number of pyridine rings is 1. The van der Waals surface area contributed by atoms with Crippen LogP contribution in [0.1, 0.15) is 38.7 Å². The second kappa shape index (κ2) is 11.0. The van der Waals surface area contributed by atoms with Crippen molar-refractivity contribution in [2.24, 2.45) is 0 Å². The maximum absolute atomic E-state index is 8.36. The molecule has 35 heavy (non-hydrogen) atoms.